The highest BCUT2D eigenvalue weighted by atomic mass is 35.5. The summed E-state index contributed by atoms with van der Waals surface area (Å²) in [4.78, 5) is 11.5. The lowest BCUT2D eigenvalue weighted by Gasteiger charge is -2.32. The van der Waals surface area contributed by atoms with E-state index in [-0.39, 0.29) is 5.41 Å². The van der Waals surface area contributed by atoms with Crippen molar-refractivity contribution in [1.82, 2.24) is 14.6 Å². The average molecular weight is 482 g/mol. The van der Waals surface area contributed by atoms with E-state index in [9.17, 15) is 0 Å². The topological polar surface area (TPSA) is 46.0 Å². The molecular formula is C28H40ClN5. The molecule has 0 spiro atoms. The Morgan fingerprint density at radius 3 is 2.47 bits per heavy atom. The summed E-state index contributed by atoms with van der Waals surface area (Å²) in [6.45, 7) is 21.6. The fourth-order valence-electron chi connectivity index (χ4n) is 4.60. The first-order chi connectivity index (χ1) is 16.5. The highest BCUT2D eigenvalue weighted by molar-refractivity contribution is 6.31. The molecule has 184 valence electrons. The Bertz CT molecular complexity index is 1100. The van der Waals surface area contributed by atoms with Gasteiger partial charge < -0.3 is 10.3 Å². The van der Waals surface area contributed by atoms with E-state index in [2.05, 4.69) is 62.2 Å². The van der Waals surface area contributed by atoms with Gasteiger partial charge in [0, 0.05) is 28.5 Å². The molecule has 1 aliphatic heterocycles. The van der Waals surface area contributed by atoms with Crippen molar-refractivity contribution in [3.63, 3.8) is 0 Å². The average Bonchev–Trinajstić information content (AvgIpc) is 3.30. The van der Waals surface area contributed by atoms with Gasteiger partial charge in [-0.25, -0.2) is 9.66 Å². The molecule has 5 nitrogen and oxygen atoms in total. The predicted octanol–water partition coefficient (Wildman–Crippen LogP) is 8.20. The van der Waals surface area contributed by atoms with E-state index >= 15 is 0 Å². The van der Waals surface area contributed by atoms with Crippen LogP contribution in [0.4, 0.5) is 5.69 Å². The minimum absolute atomic E-state index is 0.0565. The van der Waals surface area contributed by atoms with Crippen molar-refractivity contribution >= 4 is 28.3 Å². The number of hydrogen-bond acceptors (Lipinski definition) is 4. The molecule has 0 aliphatic carbocycles. The molecule has 0 saturated heterocycles. The maximum absolute atomic E-state index is 6.22. The van der Waals surface area contributed by atoms with Crippen LogP contribution in [-0.2, 0) is 12.0 Å². The maximum atomic E-state index is 6.22. The van der Waals surface area contributed by atoms with Crippen LogP contribution in [0.1, 0.15) is 78.6 Å². The Morgan fingerprint density at radius 2 is 1.85 bits per heavy atom. The fourth-order valence-corrected chi connectivity index (χ4v) is 4.77. The summed E-state index contributed by atoms with van der Waals surface area (Å²) < 4.78 is 1.93. The van der Waals surface area contributed by atoms with Gasteiger partial charge >= 0.3 is 0 Å². The molecule has 1 unspecified atom stereocenters. The molecule has 1 N–H and O–H groups in total. The van der Waals surface area contributed by atoms with E-state index in [4.69, 9.17) is 16.6 Å². The molecule has 1 atom stereocenters. The molecule has 6 heteroatoms. The molecule has 3 heterocycles. The number of hydrogen-bond donors (Lipinski definition) is 1. The third kappa shape index (κ3) is 5.15. The van der Waals surface area contributed by atoms with Gasteiger partial charge in [0.05, 0.1) is 29.5 Å². The van der Waals surface area contributed by atoms with E-state index in [1.54, 1.807) is 6.20 Å². The maximum Gasteiger partial charge on any atom is 0.148 e. The van der Waals surface area contributed by atoms with Crippen molar-refractivity contribution in [1.29, 1.82) is 0 Å². The lowest BCUT2D eigenvalue weighted by Crippen LogP contribution is -2.30. The van der Waals surface area contributed by atoms with Crippen LogP contribution in [0.5, 0.6) is 0 Å². The van der Waals surface area contributed by atoms with Crippen molar-refractivity contribution in [3.8, 4) is 0 Å². The first kappa shape index (κ1) is 27.5. The Hall–Kier alpha value is -2.79. The second-order valence-electron chi connectivity index (χ2n) is 8.15. The van der Waals surface area contributed by atoms with Crippen molar-refractivity contribution in [2.45, 2.75) is 79.2 Å². The normalized spacial score (nSPS) is 16.3. The summed E-state index contributed by atoms with van der Waals surface area (Å²) in [5.41, 5.74) is 8.46. The highest BCUT2D eigenvalue weighted by Crippen LogP contribution is 2.52. The largest absolute Gasteiger partial charge is 0.336 e. The van der Waals surface area contributed by atoms with E-state index < -0.39 is 0 Å². The van der Waals surface area contributed by atoms with Crippen LogP contribution < -0.4 is 10.3 Å². The molecule has 0 amide bonds. The van der Waals surface area contributed by atoms with Crippen LogP contribution in [0.25, 0.3) is 11.0 Å². The van der Waals surface area contributed by atoms with Crippen molar-refractivity contribution < 1.29 is 0 Å². The van der Waals surface area contributed by atoms with Crippen LogP contribution in [0.2, 0.25) is 5.02 Å². The smallest absolute Gasteiger partial charge is 0.148 e. The zero-order valence-electron chi connectivity index (χ0n) is 21.7. The van der Waals surface area contributed by atoms with E-state index in [1.807, 2.05) is 49.1 Å². The Labute approximate surface area is 210 Å². The van der Waals surface area contributed by atoms with Crippen LogP contribution in [-0.4, -0.2) is 14.6 Å². The number of nitrogens with one attached hydrogen (secondary N) is 1. The zero-order valence-corrected chi connectivity index (χ0v) is 22.4. The quantitative estimate of drug-likeness (QED) is 0.369. The number of halogens is 1. The molecule has 0 saturated carbocycles. The van der Waals surface area contributed by atoms with Gasteiger partial charge in [-0.15, -0.1) is 0 Å². The molecule has 3 aromatic rings. The van der Waals surface area contributed by atoms with Crippen LogP contribution in [0.15, 0.2) is 61.7 Å². The number of pyridine rings is 1. The minimum Gasteiger partial charge on any atom is -0.336 e. The van der Waals surface area contributed by atoms with Gasteiger partial charge in [0.25, 0.3) is 0 Å². The first-order valence-electron chi connectivity index (χ1n) is 12.4. The first-order valence-corrected chi connectivity index (χ1v) is 12.8. The highest BCUT2D eigenvalue weighted by Gasteiger charge is 2.44. The standard InChI is InChI=1S/C23H26ClN5.C3H8.C2H6/c1-5-11-23(6-2)16(4)28(21-14-25-12-10-18(21)23)15-22-27-19-9-8-17(24)13-20(19)29(22)26-7-3;1-3-2;1-2/h7-10,12-14,26H,3-6,11,15H2,1-2H3;3H2,1-2H3;1-2H3. The van der Waals surface area contributed by atoms with Crippen LogP contribution in [0.3, 0.4) is 0 Å². The summed E-state index contributed by atoms with van der Waals surface area (Å²) in [6, 6.07) is 7.84. The molecule has 34 heavy (non-hydrogen) atoms. The minimum atomic E-state index is -0.0565. The monoisotopic (exact) mass is 481 g/mol. The molecular weight excluding hydrogens is 442 g/mol. The van der Waals surface area contributed by atoms with Crippen LogP contribution in [0, 0.1) is 0 Å². The predicted molar refractivity (Wildman–Crippen MR) is 148 cm³/mol. The Morgan fingerprint density at radius 1 is 1.15 bits per heavy atom. The van der Waals surface area contributed by atoms with E-state index in [0.29, 0.717) is 11.6 Å². The number of rotatable bonds is 7. The van der Waals surface area contributed by atoms with Gasteiger partial charge in [0.2, 0.25) is 0 Å². The summed E-state index contributed by atoms with van der Waals surface area (Å²) in [7, 11) is 0. The molecule has 0 fully saturated rings. The lowest BCUT2D eigenvalue weighted by molar-refractivity contribution is 0.448. The lowest BCUT2D eigenvalue weighted by atomic mass is 9.74. The van der Waals surface area contributed by atoms with Gasteiger partial charge in [-0.1, -0.05) is 79.1 Å². The fraction of sp³-hybridized carbons (Fsp3) is 0.429. The van der Waals surface area contributed by atoms with Gasteiger partial charge in [0.1, 0.15) is 5.82 Å². The van der Waals surface area contributed by atoms with E-state index in [1.165, 1.54) is 12.0 Å². The molecule has 4 rings (SSSR count). The van der Waals surface area contributed by atoms with Crippen LogP contribution >= 0.6 is 11.6 Å². The van der Waals surface area contributed by atoms with Gasteiger partial charge in [-0.3, -0.25) is 4.98 Å². The molecule has 1 aliphatic rings. The number of benzene rings is 1. The summed E-state index contributed by atoms with van der Waals surface area (Å²) in [5, 5.41) is 0.670. The molecule has 0 bridgehead atoms. The number of allylic oxidation sites excluding steroid dienone is 1. The summed E-state index contributed by atoms with van der Waals surface area (Å²) in [6.07, 6.45) is 9.88. The number of aromatic nitrogens is 3. The SMILES string of the molecule is C=CNn1c(CN2C(=C)C(CC)(CCC)c3ccncc32)nc2ccc(Cl)cc21.CC.CCC. The third-order valence-electron chi connectivity index (χ3n) is 5.97. The number of fused-ring (bicyclic) bond motifs is 2. The second-order valence-corrected chi connectivity index (χ2v) is 8.58. The van der Waals surface area contributed by atoms with Crippen molar-refractivity contribution in [3.05, 3.63) is 78.1 Å². The Balaban J connectivity index is 0.000000758. The van der Waals surface area contributed by atoms with Gasteiger partial charge in [-0.05, 0) is 42.7 Å². The van der Waals surface area contributed by atoms with E-state index in [0.717, 1.165) is 47.5 Å². The van der Waals surface area contributed by atoms with Gasteiger partial charge in [-0.2, -0.15) is 0 Å². The van der Waals surface area contributed by atoms with Gasteiger partial charge in [0.15, 0.2) is 0 Å². The Kier molecular flexibility index (Phi) is 10.2. The number of imidazole rings is 1. The number of anilines is 1. The summed E-state index contributed by atoms with van der Waals surface area (Å²) in [5.74, 6) is 0.863. The molecule has 1 aromatic carbocycles. The third-order valence-corrected chi connectivity index (χ3v) is 6.21. The second kappa shape index (κ2) is 12.6. The number of nitrogens with zero attached hydrogens (tertiary/aromatic N) is 4. The van der Waals surface area contributed by atoms with Crippen molar-refractivity contribution in [2.24, 2.45) is 0 Å². The zero-order chi connectivity index (χ0) is 25.3. The van der Waals surface area contributed by atoms with Crippen molar-refractivity contribution in [2.75, 3.05) is 10.3 Å². The molecule has 2 aromatic heterocycles. The molecule has 0 radical (unpaired) electrons. The summed E-state index contributed by atoms with van der Waals surface area (Å²) >= 11 is 6.22.